The first kappa shape index (κ1) is 22.8. The molecule has 4 aliphatic rings. The molecule has 8 rings (SSSR count). The quantitative estimate of drug-likeness (QED) is 0.370. The van der Waals surface area contributed by atoms with Crippen LogP contribution < -0.4 is 11.1 Å². The lowest BCUT2D eigenvalue weighted by Crippen LogP contribution is -2.48. The Kier molecular flexibility index (Phi) is 4.76. The maximum Gasteiger partial charge on any atom is 0.323 e. The minimum Gasteiger partial charge on any atom is -0.382 e. The predicted molar refractivity (Wildman–Crippen MR) is 147 cm³/mol. The summed E-state index contributed by atoms with van der Waals surface area (Å²) in [6, 6.07) is 10.6. The van der Waals surface area contributed by atoms with Gasteiger partial charge in [0.2, 0.25) is 0 Å². The summed E-state index contributed by atoms with van der Waals surface area (Å²) in [6.45, 7) is 2.41. The van der Waals surface area contributed by atoms with Crippen LogP contribution >= 0.6 is 0 Å². The number of piperazine rings is 1. The van der Waals surface area contributed by atoms with Gasteiger partial charge >= 0.3 is 10.2 Å². The van der Waals surface area contributed by atoms with Gasteiger partial charge in [-0.1, -0.05) is 6.07 Å². The largest absolute Gasteiger partial charge is 0.382 e. The number of likely N-dealkylation sites (N-methyl/N-ethyl adjacent to an activating group) is 1. The summed E-state index contributed by atoms with van der Waals surface area (Å²) in [5, 5.41) is 17.5. The van der Waals surface area contributed by atoms with Gasteiger partial charge in [0.25, 0.3) is 0 Å². The minimum atomic E-state index is -3.73. The smallest absolute Gasteiger partial charge is 0.323 e. The second-order valence-corrected chi connectivity index (χ2v) is 13.4. The first-order valence-corrected chi connectivity index (χ1v) is 15.0. The van der Waals surface area contributed by atoms with Gasteiger partial charge in [-0.05, 0) is 85.4 Å². The van der Waals surface area contributed by atoms with Crippen molar-refractivity contribution < 1.29 is 8.42 Å². The number of nitrogens with two attached hydrogens (primary N) is 1. The molecule has 38 heavy (non-hydrogen) atoms. The topological polar surface area (TPSA) is 125 Å². The van der Waals surface area contributed by atoms with E-state index >= 15 is 0 Å². The number of fused-ring (bicyclic) bond motifs is 10. The molecular formula is C27H32N8O2S. The molecule has 3 unspecified atom stereocenters. The van der Waals surface area contributed by atoms with Gasteiger partial charge in [0.05, 0.1) is 23.3 Å². The van der Waals surface area contributed by atoms with Crippen molar-refractivity contribution in [1.29, 1.82) is 0 Å². The van der Waals surface area contributed by atoms with Crippen LogP contribution in [0.2, 0.25) is 0 Å². The molecule has 4 heterocycles. The Morgan fingerprint density at radius 1 is 1.03 bits per heavy atom. The Bertz CT molecular complexity index is 1690. The van der Waals surface area contributed by atoms with E-state index in [1.165, 1.54) is 34.5 Å². The van der Waals surface area contributed by atoms with Crippen molar-refractivity contribution in [2.45, 2.75) is 31.2 Å². The fourth-order valence-corrected chi connectivity index (χ4v) is 9.37. The number of nitrogens with one attached hydrogen (secondary N) is 2. The number of benzene rings is 2. The summed E-state index contributed by atoms with van der Waals surface area (Å²) in [4.78, 5) is 2.15. The number of anilines is 2. The lowest BCUT2D eigenvalue weighted by Gasteiger charge is -2.43. The van der Waals surface area contributed by atoms with Gasteiger partial charge in [-0.2, -0.15) is 22.9 Å². The number of nitrogen functional groups attached to an aromatic ring is 1. The molecule has 2 aliphatic heterocycles. The van der Waals surface area contributed by atoms with Crippen LogP contribution in [0.3, 0.4) is 0 Å². The van der Waals surface area contributed by atoms with Crippen molar-refractivity contribution >= 4 is 43.5 Å². The molecule has 0 amide bonds. The lowest BCUT2D eigenvalue weighted by molar-refractivity contribution is 0.221. The molecule has 4 N–H and O–H groups in total. The Labute approximate surface area is 221 Å². The first-order chi connectivity index (χ1) is 18.4. The zero-order chi connectivity index (χ0) is 25.8. The van der Waals surface area contributed by atoms with Crippen LogP contribution in [0, 0.1) is 17.8 Å². The number of hydrogen-bond acceptors (Lipinski definition) is 7. The van der Waals surface area contributed by atoms with E-state index in [9.17, 15) is 8.42 Å². The monoisotopic (exact) mass is 532 g/mol. The average molecular weight is 533 g/mol. The van der Waals surface area contributed by atoms with Crippen molar-refractivity contribution in [2.75, 3.05) is 44.3 Å². The summed E-state index contributed by atoms with van der Waals surface area (Å²) < 4.78 is 30.1. The van der Waals surface area contributed by atoms with E-state index in [-0.39, 0.29) is 6.04 Å². The molecule has 0 spiro atoms. The molecule has 198 valence electrons. The Hall–Kier alpha value is -3.15. The van der Waals surface area contributed by atoms with Gasteiger partial charge in [-0.25, -0.2) is 0 Å². The van der Waals surface area contributed by atoms with Crippen molar-refractivity contribution in [2.24, 2.45) is 17.8 Å². The molecule has 2 aromatic heterocycles. The van der Waals surface area contributed by atoms with Crippen molar-refractivity contribution in [3.63, 3.8) is 0 Å². The van der Waals surface area contributed by atoms with E-state index in [2.05, 4.69) is 49.8 Å². The number of nitrogens with zero attached hydrogens (tertiary/aromatic N) is 5. The second kappa shape index (κ2) is 7.93. The number of aromatic nitrogens is 4. The highest BCUT2D eigenvalue weighted by molar-refractivity contribution is 7.87. The van der Waals surface area contributed by atoms with E-state index in [0.29, 0.717) is 48.1 Å². The predicted octanol–water partition coefficient (Wildman–Crippen LogP) is 3.13. The van der Waals surface area contributed by atoms with Gasteiger partial charge in [0.1, 0.15) is 0 Å². The summed E-state index contributed by atoms with van der Waals surface area (Å²) in [5.74, 6) is 2.60. The summed E-state index contributed by atoms with van der Waals surface area (Å²) >= 11 is 0. The lowest BCUT2D eigenvalue weighted by atomic mass is 9.67. The third kappa shape index (κ3) is 3.09. The number of hydrogen-bond donors (Lipinski definition) is 3. The summed E-state index contributed by atoms with van der Waals surface area (Å²) in [6.07, 6.45) is 5.50. The molecule has 0 radical (unpaired) electrons. The number of rotatable bonds is 3. The van der Waals surface area contributed by atoms with Crippen LogP contribution in [0.25, 0.3) is 21.8 Å². The average Bonchev–Trinajstić information content (AvgIpc) is 3.72. The van der Waals surface area contributed by atoms with E-state index in [1.54, 1.807) is 10.5 Å². The number of aromatic amines is 1. The second-order valence-electron chi connectivity index (χ2n) is 11.6. The fraction of sp³-hybridized carbons (Fsp3) is 0.481. The van der Waals surface area contributed by atoms with Crippen LogP contribution in [0.15, 0.2) is 36.5 Å². The first-order valence-electron chi connectivity index (χ1n) is 13.6. The highest BCUT2D eigenvalue weighted by Gasteiger charge is 2.54. The van der Waals surface area contributed by atoms with E-state index < -0.39 is 10.2 Å². The zero-order valence-corrected chi connectivity index (χ0v) is 22.2. The highest BCUT2D eigenvalue weighted by Crippen LogP contribution is 2.64. The van der Waals surface area contributed by atoms with Crippen LogP contribution in [-0.2, 0) is 10.2 Å². The third-order valence-corrected chi connectivity index (χ3v) is 11.5. The molecule has 10 nitrogen and oxygen atoms in total. The Morgan fingerprint density at radius 3 is 2.68 bits per heavy atom. The van der Waals surface area contributed by atoms with Gasteiger partial charge in [0, 0.05) is 42.6 Å². The maximum atomic E-state index is 13.6. The Morgan fingerprint density at radius 2 is 1.84 bits per heavy atom. The highest BCUT2D eigenvalue weighted by atomic mass is 32.2. The van der Waals surface area contributed by atoms with E-state index in [0.717, 1.165) is 35.1 Å². The molecule has 2 aliphatic carbocycles. The van der Waals surface area contributed by atoms with Gasteiger partial charge in [-0.3, -0.25) is 5.10 Å². The molecule has 2 bridgehead atoms. The SMILES string of the molecule is CN1CCN(S(=O)(=O)n2ncc3c4c(ccc32)NC(c2ccc3[nH]nc(N)c3c2)[C@@H]2C3CCC(C3)[C@H]42)CC1. The van der Waals surface area contributed by atoms with Crippen molar-refractivity contribution in [3.8, 4) is 0 Å². The zero-order valence-electron chi connectivity index (χ0n) is 21.3. The molecule has 5 atom stereocenters. The molecule has 4 aromatic rings. The maximum absolute atomic E-state index is 13.6. The third-order valence-electron chi connectivity index (χ3n) is 9.75. The van der Waals surface area contributed by atoms with Crippen LogP contribution in [0.1, 0.15) is 42.3 Å². The molecule has 3 fully saturated rings. The van der Waals surface area contributed by atoms with Gasteiger partial charge in [-0.15, -0.1) is 4.09 Å². The van der Waals surface area contributed by atoms with Crippen LogP contribution in [0.4, 0.5) is 11.5 Å². The normalized spacial score (nSPS) is 29.6. The van der Waals surface area contributed by atoms with Crippen LogP contribution in [0.5, 0.6) is 0 Å². The van der Waals surface area contributed by atoms with E-state index in [1.807, 2.05) is 13.1 Å². The van der Waals surface area contributed by atoms with Crippen molar-refractivity contribution in [3.05, 3.63) is 47.7 Å². The van der Waals surface area contributed by atoms with E-state index in [4.69, 9.17) is 5.73 Å². The van der Waals surface area contributed by atoms with Crippen LogP contribution in [-0.4, -0.2) is 70.2 Å². The fourth-order valence-electron chi connectivity index (χ4n) is 7.96. The van der Waals surface area contributed by atoms with Gasteiger partial charge < -0.3 is 16.0 Å². The summed E-state index contributed by atoms with van der Waals surface area (Å²) in [7, 11) is -1.71. The van der Waals surface area contributed by atoms with Gasteiger partial charge in [0.15, 0.2) is 5.82 Å². The molecular weight excluding hydrogens is 500 g/mol. The molecule has 2 aromatic carbocycles. The standard InChI is InChI=1S/C27H32N8O2S/c1-33-8-10-34(11-9-33)38(36,37)35-22-7-6-21-25(19(22)14-29-35)23-15-2-3-16(12-15)24(23)26(30-21)17-4-5-20-18(13-17)27(28)32-31-20/h4-7,13-16,23-24,26,30H,2-3,8-12H2,1H3,(H3,28,31,32)/t15?,16?,23-,24+,26?/m0/s1. The molecule has 11 heteroatoms. The molecule has 2 saturated carbocycles. The minimum absolute atomic E-state index is 0.170. The molecule has 1 saturated heterocycles. The number of H-pyrrole nitrogens is 1. The summed E-state index contributed by atoms with van der Waals surface area (Å²) in [5.41, 5.74) is 11.3. The Balaban J connectivity index is 1.24. The van der Waals surface area contributed by atoms with Crippen molar-refractivity contribution in [1.82, 2.24) is 28.6 Å².